The number of hydrogen-bond donors (Lipinski definition) is 1. The Kier molecular flexibility index (Phi) is 4.13. The number of hydrazone groups is 1. The average Bonchev–Trinajstić information content (AvgIpc) is 3.01. The van der Waals surface area contributed by atoms with Crippen LogP contribution in [0.5, 0.6) is 0 Å². The molecule has 2 heterocycles. The Hall–Kier alpha value is -3.19. The second-order valence-electron chi connectivity index (χ2n) is 6.17. The molecular formula is C14H10F6N6O2. The SMILES string of the molecule is CC12CC(C(F)(F)F)=NN1C(N)=NC2=Nc1ccc([N+](=O)[O-])c(C(F)(F)F)c1. The molecule has 1 aromatic rings. The van der Waals surface area contributed by atoms with Crippen LogP contribution < -0.4 is 5.73 Å². The van der Waals surface area contributed by atoms with Crippen LogP contribution in [0.4, 0.5) is 37.7 Å². The molecule has 0 amide bonds. The van der Waals surface area contributed by atoms with E-state index in [1.165, 1.54) is 6.92 Å². The molecule has 0 radical (unpaired) electrons. The summed E-state index contributed by atoms with van der Waals surface area (Å²) in [6.45, 7) is 1.30. The summed E-state index contributed by atoms with van der Waals surface area (Å²) in [5, 5.41) is 15.0. The van der Waals surface area contributed by atoms with Gasteiger partial charge in [0.2, 0.25) is 5.96 Å². The number of alkyl halides is 6. The van der Waals surface area contributed by atoms with Crippen LogP contribution in [0.2, 0.25) is 0 Å². The van der Waals surface area contributed by atoms with Gasteiger partial charge in [-0.2, -0.15) is 36.4 Å². The standard InChI is InChI=1S/C14H10F6N6O2/c1-12-5-9(14(18,19)20)24-25(12)11(21)23-10(12)22-6-2-3-8(26(27)28)7(4-6)13(15,16)17/h2-4H,5H2,1H3,(H2,21,22,23). The first-order chi connectivity index (χ1) is 12.7. The van der Waals surface area contributed by atoms with Gasteiger partial charge in [0.05, 0.1) is 10.6 Å². The van der Waals surface area contributed by atoms with Crippen LogP contribution in [-0.2, 0) is 6.18 Å². The second-order valence-corrected chi connectivity index (χ2v) is 6.17. The Morgan fingerprint density at radius 1 is 1.25 bits per heavy atom. The van der Waals surface area contributed by atoms with Crippen LogP contribution in [0, 0.1) is 10.1 Å². The molecule has 1 atom stereocenters. The number of guanidine groups is 1. The molecule has 2 N–H and O–H groups in total. The highest BCUT2D eigenvalue weighted by atomic mass is 19.4. The van der Waals surface area contributed by atoms with E-state index in [1.54, 1.807) is 0 Å². The van der Waals surface area contributed by atoms with E-state index in [-0.39, 0.29) is 11.5 Å². The highest BCUT2D eigenvalue weighted by Crippen LogP contribution is 2.41. The molecule has 28 heavy (non-hydrogen) atoms. The van der Waals surface area contributed by atoms with Gasteiger partial charge >= 0.3 is 12.4 Å². The summed E-state index contributed by atoms with van der Waals surface area (Å²) in [6.07, 6.45) is -10.4. The topological polar surface area (TPSA) is 109 Å². The Labute approximate surface area is 152 Å². The van der Waals surface area contributed by atoms with E-state index in [4.69, 9.17) is 5.73 Å². The maximum absolute atomic E-state index is 13.1. The summed E-state index contributed by atoms with van der Waals surface area (Å²) in [5.74, 6) is -0.701. The van der Waals surface area contributed by atoms with Gasteiger partial charge in [0.15, 0.2) is 5.84 Å². The van der Waals surface area contributed by atoms with Crippen LogP contribution in [0.15, 0.2) is 33.3 Å². The molecular weight excluding hydrogens is 398 g/mol. The largest absolute Gasteiger partial charge is 0.431 e. The number of halogens is 6. The summed E-state index contributed by atoms with van der Waals surface area (Å²) in [6, 6.07) is 1.96. The van der Waals surface area contributed by atoms with Crippen molar-refractivity contribution in [1.29, 1.82) is 0 Å². The lowest BCUT2D eigenvalue weighted by Crippen LogP contribution is -2.45. The van der Waals surface area contributed by atoms with Crippen molar-refractivity contribution in [2.75, 3.05) is 0 Å². The minimum atomic E-state index is -5.04. The van der Waals surface area contributed by atoms with Gasteiger partial charge in [-0.3, -0.25) is 10.1 Å². The van der Waals surface area contributed by atoms with Crippen LogP contribution >= 0.6 is 0 Å². The van der Waals surface area contributed by atoms with E-state index >= 15 is 0 Å². The number of nitro groups is 1. The Bertz CT molecular complexity index is 951. The number of aliphatic imine (C=N–C) groups is 2. The van der Waals surface area contributed by atoms with E-state index in [0.29, 0.717) is 12.1 Å². The third kappa shape index (κ3) is 3.14. The fourth-order valence-electron chi connectivity index (χ4n) is 2.83. The molecule has 0 bridgehead atoms. The van der Waals surface area contributed by atoms with Gasteiger partial charge in [-0.25, -0.2) is 10.0 Å². The average molecular weight is 408 g/mol. The van der Waals surface area contributed by atoms with Crippen molar-refractivity contribution in [1.82, 2.24) is 5.01 Å². The third-order valence-electron chi connectivity index (χ3n) is 4.16. The number of fused-ring (bicyclic) bond motifs is 1. The van der Waals surface area contributed by atoms with E-state index in [0.717, 1.165) is 11.1 Å². The zero-order chi connectivity index (χ0) is 21.1. The number of rotatable bonds is 2. The first kappa shape index (κ1) is 19.6. The molecule has 8 nitrogen and oxygen atoms in total. The zero-order valence-electron chi connectivity index (χ0n) is 13.8. The smallest absolute Gasteiger partial charge is 0.368 e. The first-order valence-electron chi connectivity index (χ1n) is 7.47. The number of nitrogens with two attached hydrogens (primary N) is 1. The van der Waals surface area contributed by atoms with Crippen LogP contribution in [-0.4, -0.2) is 39.2 Å². The molecule has 1 aromatic carbocycles. The molecule has 0 saturated carbocycles. The Morgan fingerprint density at radius 2 is 1.89 bits per heavy atom. The molecule has 1 unspecified atom stereocenters. The minimum absolute atomic E-state index is 0.296. The van der Waals surface area contributed by atoms with Gasteiger partial charge in [-0.15, -0.1) is 0 Å². The third-order valence-corrected chi connectivity index (χ3v) is 4.16. The van der Waals surface area contributed by atoms with E-state index in [1.807, 2.05) is 0 Å². The van der Waals surface area contributed by atoms with E-state index in [2.05, 4.69) is 15.1 Å². The summed E-state index contributed by atoms with van der Waals surface area (Å²) in [5.41, 5.74) is -0.222. The van der Waals surface area contributed by atoms with Crippen molar-refractivity contribution in [2.24, 2.45) is 20.8 Å². The van der Waals surface area contributed by atoms with Crippen molar-refractivity contribution in [2.45, 2.75) is 31.2 Å². The minimum Gasteiger partial charge on any atom is -0.368 e. The summed E-state index contributed by atoms with van der Waals surface area (Å²) in [7, 11) is 0. The van der Waals surface area contributed by atoms with Gasteiger partial charge < -0.3 is 5.73 Å². The van der Waals surface area contributed by atoms with E-state index in [9.17, 15) is 36.5 Å². The number of nitrogens with zero attached hydrogens (tertiary/aromatic N) is 5. The lowest BCUT2D eigenvalue weighted by Gasteiger charge is -2.25. The lowest BCUT2D eigenvalue weighted by molar-refractivity contribution is -0.388. The predicted molar refractivity (Wildman–Crippen MR) is 85.2 cm³/mol. The van der Waals surface area contributed by atoms with Crippen molar-refractivity contribution >= 4 is 28.9 Å². The zero-order valence-corrected chi connectivity index (χ0v) is 13.8. The Balaban J connectivity index is 2.05. The molecule has 0 aliphatic carbocycles. The lowest BCUT2D eigenvalue weighted by atomic mass is 9.95. The molecule has 14 heteroatoms. The number of benzene rings is 1. The van der Waals surface area contributed by atoms with Gasteiger partial charge in [0.1, 0.15) is 16.8 Å². The summed E-state index contributed by atoms with van der Waals surface area (Å²) in [4.78, 5) is 17.2. The highest BCUT2D eigenvalue weighted by Gasteiger charge is 2.55. The molecule has 0 fully saturated rings. The number of nitro benzene ring substituents is 1. The van der Waals surface area contributed by atoms with Crippen molar-refractivity contribution < 1.29 is 31.3 Å². The Morgan fingerprint density at radius 3 is 2.43 bits per heavy atom. The fraction of sp³-hybridized carbons (Fsp3) is 0.357. The fourth-order valence-corrected chi connectivity index (χ4v) is 2.83. The first-order valence-corrected chi connectivity index (χ1v) is 7.47. The normalized spacial score (nSPS) is 23.7. The van der Waals surface area contributed by atoms with Crippen molar-refractivity contribution in [3.63, 3.8) is 0 Å². The molecule has 0 saturated heterocycles. The van der Waals surface area contributed by atoms with Crippen molar-refractivity contribution in [3.8, 4) is 0 Å². The highest BCUT2D eigenvalue weighted by molar-refractivity contribution is 6.13. The van der Waals surface area contributed by atoms with Gasteiger partial charge in [0.25, 0.3) is 5.69 Å². The number of hydrogen-bond acceptors (Lipinski definition) is 6. The summed E-state index contributed by atoms with van der Waals surface area (Å²) >= 11 is 0. The van der Waals surface area contributed by atoms with Gasteiger partial charge in [-0.1, -0.05) is 0 Å². The quantitative estimate of drug-likeness (QED) is 0.460. The molecule has 2 aliphatic rings. The van der Waals surface area contributed by atoms with Crippen LogP contribution in [0.1, 0.15) is 18.9 Å². The van der Waals surface area contributed by atoms with Crippen molar-refractivity contribution in [3.05, 3.63) is 33.9 Å². The van der Waals surface area contributed by atoms with Gasteiger partial charge in [-0.05, 0) is 19.1 Å². The monoisotopic (exact) mass is 408 g/mol. The maximum Gasteiger partial charge on any atom is 0.431 e. The van der Waals surface area contributed by atoms with E-state index < -0.39 is 52.2 Å². The van der Waals surface area contributed by atoms with Gasteiger partial charge in [0, 0.05) is 12.5 Å². The molecule has 0 aromatic heterocycles. The molecule has 0 spiro atoms. The molecule has 3 rings (SSSR count). The number of amidine groups is 1. The predicted octanol–water partition coefficient (Wildman–Crippen LogP) is 3.35. The van der Waals surface area contributed by atoms with Crippen LogP contribution in [0.3, 0.4) is 0 Å². The maximum atomic E-state index is 13.1. The molecule has 2 aliphatic heterocycles. The van der Waals surface area contributed by atoms with Crippen LogP contribution in [0.25, 0.3) is 0 Å². The molecule has 150 valence electrons. The summed E-state index contributed by atoms with van der Waals surface area (Å²) < 4.78 is 78.1. The second kappa shape index (κ2) is 5.90.